The van der Waals surface area contributed by atoms with Crippen LogP contribution in [-0.4, -0.2) is 88.3 Å². The molecule has 9 nitrogen and oxygen atoms in total. The smallest absolute Gasteiger partial charge is 0.328 e. The van der Waals surface area contributed by atoms with Crippen molar-refractivity contribution in [3.8, 4) is 11.5 Å². The monoisotopic (exact) mass is 478 g/mol. The fourth-order valence-electron chi connectivity index (χ4n) is 5.28. The molecule has 3 aromatic rings. The van der Waals surface area contributed by atoms with Crippen LogP contribution < -0.4 is 4.74 Å². The zero-order valence-corrected chi connectivity index (χ0v) is 19.9. The van der Waals surface area contributed by atoms with Gasteiger partial charge in [-0.25, -0.2) is 4.79 Å². The van der Waals surface area contributed by atoms with E-state index < -0.39 is 6.04 Å². The lowest BCUT2D eigenvalue weighted by atomic mass is 9.89. The summed E-state index contributed by atoms with van der Waals surface area (Å²) in [6.45, 7) is 1.25. The Morgan fingerprint density at radius 2 is 2.00 bits per heavy atom. The third kappa shape index (κ3) is 4.11. The predicted molar refractivity (Wildman–Crippen MR) is 130 cm³/mol. The minimum absolute atomic E-state index is 0.0182. The number of aromatic hydroxyl groups is 1. The van der Waals surface area contributed by atoms with Crippen molar-refractivity contribution in [3.05, 3.63) is 59.3 Å². The largest absolute Gasteiger partial charge is 0.508 e. The molecule has 9 heteroatoms. The van der Waals surface area contributed by atoms with Crippen LogP contribution in [0.15, 0.2) is 42.5 Å². The number of nitrogens with zero attached hydrogens (tertiary/aromatic N) is 3. The molecule has 184 valence electrons. The Hall–Kier alpha value is -3.56. The van der Waals surface area contributed by atoms with E-state index in [-0.39, 0.29) is 36.9 Å². The molecule has 2 aliphatic rings. The van der Waals surface area contributed by atoms with Crippen molar-refractivity contribution in [1.29, 1.82) is 0 Å². The number of H-pyrrole nitrogens is 1. The van der Waals surface area contributed by atoms with E-state index in [0.29, 0.717) is 25.9 Å². The summed E-state index contributed by atoms with van der Waals surface area (Å²) in [5, 5.41) is 20.2. The fourth-order valence-corrected chi connectivity index (χ4v) is 5.28. The summed E-state index contributed by atoms with van der Waals surface area (Å²) in [5.74, 6) is 0.693. The van der Waals surface area contributed by atoms with Gasteiger partial charge in [0.2, 0.25) is 0 Å². The topological polar surface area (TPSA) is 109 Å². The van der Waals surface area contributed by atoms with Crippen molar-refractivity contribution in [2.75, 3.05) is 40.4 Å². The molecule has 0 radical (unpaired) electrons. The number of phenolic OH excluding ortho intramolecular Hbond substituents is 1. The van der Waals surface area contributed by atoms with E-state index in [1.54, 1.807) is 30.2 Å². The standard InChI is InChI=1S/C26H30N4O5/c1-28(10-11-31)8-9-29-25(33)23-15-20-19-14-18(35-2)6-7-21(19)27-24(20)22(30(23)26(29)34)13-16-4-3-5-17(32)12-16/h3-7,12,14,22-23,27,31-32H,8-11,13,15H2,1-2H3/t22?,23-/m0/s1. The Bertz CT molecular complexity index is 1270. The van der Waals surface area contributed by atoms with Crippen LogP contribution in [0.3, 0.4) is 0 Å². The highest BCUT2D eigenvalue weighted by Crippen LogP contribution is 2.43. The lowest BCUT2D eigenvalue weighted by Crippen LogP contribution is -2.44. The lowest BCUT2D eigenvalue weighted by molar-refractivity contribution is -0.128. The van der Waals surface area contributed by atoms with Gasteiger partial charge in [-0.05, 0) is 54.9 Å². The number of likely N-dealkylation sites (N-methyl/N-ethyl adjacent to an activating group) is 1. The molecule has 3 heterocycles. The molecule has 0 aliphatic carbocycles. The zero-order valence-electron chi connectivity index (χ0n) is 19.9. The molecule has 0 spiro atoms. The van der Waals surface area contributed by atoms with Gasteiger partial charge in [0.1, 0.15) is 17.5 Å². The van der Waals surface area contributed by atoms with Gasteiger partial charge in [0.05, 0.1) is 19.8 Å². The molecule has 3 N–H and O–H groups in total. The number of fused-ring (bicyclic) bond motifs is 4. The number of hydrogen-bond donors (Lipinski definition) is 3. The number of aliphatic hydroxyl groups excluding tert-OH is 1. The average Bonchev–Trinajstić information content (AvgIpc) is 3.32. The lowest BCUT2D eigenvalue weighted by Gasteiger charge is -2.36. The van der Waals surface area contributed by atoms with E-state index in [0.717, 1.165) is 33.5 Å². The van der Waals surface area contributed by atoms with Crippen LogP contribution in [0, 0.1) is 0 Å². The minimum atomic E-state index is -0.592. The number of methoxy groups -OCH3 is 1. The number of phenols is 1. The fraction of sp³-hybridized carbons (Fsp3) is 0.385. The Kier molecular flexibility index (Phi) is 6.12. The molecular formula is C26H30N4O5. The number of carbonyl (C=O) groups excluding carboxylic acids is 2. The van der Waals surface area contributed by atoms with Crippen molar-refractivity contribution < 1.29 is 24.5 Å². The minimum Gasteiger partial charge on any atom is -0.508 e. The van der Waals surface area contributed by atoms with Crippen molar-refractivity contribution in [3.63, 3.8) is 0 Å². The molecule has 5 rings (SSSR count). The maximum Gasteiger partial charge on any atom is 0.328 e. The Labute approximate surface area is 203 Å². The summed E-state index contributed by atoms with van der Waals surface area (Å²) in [6, 6.07) is 11.5. The van der Waals surface area contributed by atoms with E-state index in [2.05, 4.69) is 4.98 Å². The number of ether oxygens (including phenoxy) is 1. The second-order valence-electron chi connectivity index (χ2n) is 9.25. The maximum atomic E-state index is 13.6. The van der Waals surface area contributed by atoms with Crippen LogP contribution in [0.2, 0.25) is 0 Å². The second kappa shape index (κ2) is 9.24. The number of aromatic nitrogens is 1. The van der Waals surface area contributed by atoms with Crippen LogP contribution in [0.5, 0.6) is 11.5 Å². The molecule has 1 unspecified atom stereocenters. The molecule has 3 amide bonds. The van der Waals surface area contributed by atoms with Crippen molar-refractivity contribution >= 4 is 22.8 Å². The van der Waals surface area contributed by atoms with Crippen molar-refractivity contribution in [2.24, 2.45) is 0 Å². The number of benzene rings is 2. The number of hydrogen-bond acceptors (Lipinski definition) is 6. The number of rotatable bonds is 8. The normalized spacial score (nSPS) is 19.5. The van der Waals surface area contributed by atoms with E-state index in [9.17, 15) is 14.7 Å². The Balaban J connectivity index is 1.54. The van der Waals surface area contributed by atoms with Gasteiger partial charge in [-0.15, -0.1) is 0 Å². The summed E-state index contributed by atoms with van der Waals surface area (Å²) in [5.41, 5.74) is 3.73. The summed E-state index contributed by atoms with van der Waals surface area (Å²) < 4.78 is 5.43. The quantitative estimate of drug-likeness (QED) is 0.429. The van der Waals surface area contributed by atoms with Gasteiger partial charge in [-0.3, -0.25) is 9.69 Å². The van der Waals surface area contributed by atoms with Gasteiger partial charge in [0.25, 0.3) is 5.91 Å². The molecule has 1 saturated heterocycles. The van der Waals surface area contributed by atoms with Gasteiger partial charge in [-0.2, -0.15) is 0 Å². The van der Waals surface area contributed by atoms with Crippen LogP contribution in [0.4, 0.5) is 4.79 Å². The van der Waals surface area contributed by atoms with Gasteiger partial charge in [0.15, 0.2) is 0 Å². The number of imide groups is 1. The van der Waals surface area contributed by atoms with Crippen molar-refractivity contribution in [2.45, 2.75) is 24.9 Å². The van der Waals surface area contributed by atoms with Crippen LogP contribution in [0.1, 0.15) is 22.9 Å². The summed E-state index contributed by atoms with van der Waals surface area (Å²) in [7, 11) is 3.47. The number of aromatic amines is 1. The number of urea groups is 1. The molecule has 2 aliphatic heterocycles. The van der Waals surface area contributed by atoms with Gasteiger partial charge >= 0.3 is 6.03 Å². The van der Waals surface area contributed by atoms with E-state index in [4.69, 9.17) is 9.84 Å². The third-order valence-electron chi connectivity index (χ3n) is 7.08. The predicted octanol–water partition coefficient (Wildman–Crippen LogP) is 2.28. The first-order valence-corrected chi connectivity index (χ1v) is 11.8. The Morgan fingerprint density at radius 3 is 2.74 bits per heavy atom. The van der Waals surface area contributed by atoms with Crippen LogP contribution >= 0.6 is 0 Å². The first kappa shape index (κ1) is 23.2. The second-order valence-corrected chi connectivity index (χ2v) is 9.25. The van der Waals surface area contributed by atoms with Crippen molar-refractivity contribution in [1.82, 2.24) is 19.7 Å². The molecule has 1 aromatic heterocycles. The number of nitrogens with one attached hydrogen (secondary N) is 1. The Morgan fingerprint density at radius 1 is 1.17 bits per heavy atom. The summed E-state index contributed by atoms with van der Waals surface area (Å²) in [4.78, 5) is 35.5. The molecule has 0 saturated carbocycles. The highest BCUT2D eigenvalue weighted by atomic mass is 16.5. The third-order valence-corrected chi connectivity index (χ3v) is 7.08. The van der Waals surface area contributed by atoms with Gasteiger partial charge in [0, 0.05) is 42.7 Å². The van der Waals surface area contributed by atoms with E-state index in [1.807, 2.05) is 36.2 Å². The molecule has 1 fully saturated rings. The molecule has 35 heavy (non-hydrogen) atoms. The molecule has 2 atom stereocenters. The summed E-state index contributed by atoms with van der Waals surface area (Å²) >= 11 is 0. The van der Waals surface area contributed by atoms with Gasteiger partial charge in [-0.1, -0.05) is 12.1 Å². The summed E-state index contributed by atoms with van der Waals surface area (Å²) in [6.07, 6.45) is 0.881. The van der Waals surface area contributed by atoms with Crippen LogP contribution in [-0.2, 0) is 17.6 Å². The number of amides is 3. The first-order valence-electron chi connectivity index (χ1n) is 11.8. The average molecular weight is 479 g/mol. The SMILES string of the molecule is COc1ccc2[nH]c3c(c2c1)C[C@H]1C(=O)N(CCN(C)CCO)C(=O)N1C3Cc1cccc(O)c1. The van der Waals surface area contributed by atoms with Crippen LogP contribution in [0.25, 0.3) is 10.9 Å². The van der Waals surface area contributed by atoms with E-state index >= 15 is 0 Å². The molecule has 2 aromatic carbocycles. The van der Waals surface area contributed by atoms with E-state index in [1.165, 1.54) is 4.90 Å². The highest BCUT2D eigenvalue weighted by molar-refractivity contribution is 6.05. The first-order chi connectivity index (χ1) is 16.9. The molecular weight excluding hydrogens is 448 g/mol. The highest BCUT2D eigenvalue weighted by Gasteiger charge is 2.51. The zero-order chi connectivity index (χ0) is 24.7. The number of carbonyl (C=O) groups is 2. The van der Waals surface area contributed by atoms with Gasteiger partial charge < -0.3 is 29.7 Å². The maximum absolute atomic E-state index is 13.6. The number of aliphatic hydroxyl groups is 1. The molecule has 0 bridgehead atoms.